The molecule has 155 valence electrons. The van der Waals surface area contributed by atoms with Crippen LogP contribution in [0.3, 0.4) is 0 Å². The van der Waals surface area contributed by atoms with Gasteiger partial charge >= 0.3 is 0 Å². The van der Waals surface area contributed by atoms with E-state index in [1.54, 1.807) is 25.1 Å². The summed E-state index contributed by atoms with van der Waals surface area (Å²) in [5, 5.41) is 4.24. The fourth-order valence-corrected chi connectivity index (χ4v) is 3.21. The summed E-state index contributed by atoms with van der Waals surface area (Å²) in [5.74, 6) is 1.85. The van der Waals surface area contributed by atoms with Gasteiger partial charge in [0.05, 0.1) is 32.8 Å². The SMILES string of the molecule is [CH2]c1cc(OC)c(OCc2ccc(OC)nc2)cc1N1C=CN(c2cnn(C)c2)C1. The van der Waals surface area contributed by atoms with Crippen molar-refractivity contribution in [1.29, 1.82) is 0 Å². The van der Waals surface area contributed by atoms with Gasteiger partial charge in [0, 0.05) is 55.2 Å². The molecule has 0 saturated heterocycles. The van der Waals surface area contributed by atoms with E-state index < -0.39 is 0 Å². The molecule has 0 spiro atoms. The van der Waals surface area contributed by atoms with E-state index in [1.165, 1.54) is 0 Å². The van der Waals surface area contributed by atoms with Crippen molar-refractivity contribution in [2.75, 3.05) is 30.7 Å². The van der Waals surface area contributed by atoms with Crippen LogP contribution in [0.4, 0.5) is 11.4 Å². The van der Waals surface area contributed by atoms with Crippen LogP contribution in [0.15, 0.2) is 55.3 Å². The van der Waals surface area contributed by atoms with Gasteiger partial charge in [-0.05, 0) is 24.6 Å². The molecule has 2 aromatic heterocycles. The van der Waals surface area contributed by atoms with Crippen molar-refractivity contribution in [3.8, 4) is 17.4 Å². The van der Waals surface area contributed by atoms with Crippen LogP contribution in [0, 0.1) is 6.92 Å². The van der Waals surface area contributed by atoms with Crippen LogP contribution in [0.1, 0.15) is 11.1 Å². The van der Waals surface area contributed by atoms with Crippen molar-refractivity contribution in [3.05, 3.63) is 73.3 Å². The van der Waals surface area contributed by atoms with E-state index in [0.29, 0.717) is 30.7 Å². The Bertz CT molecular complexity index is 1050. The Morgan fingerprint density at radius 2 is 1.87 bits per heavy atom. The van der Waals surface area contributed by atoms with E-state index in [1.807, 2.05) is 56.1 Å². The highest BCUT2D eigenvalue weighted by atomic mass is 16.5. The van der Waals surface area contributed by atoms with Gasteiger partial charge in [-0.1, -0.05) is 0 Å². The van der Waals surface area contributed by atoms with Crippen molar-refractivity contribution >= 4 is 11.4 Å². The lowest BCUT2D eigenvalue weighted by Crippen LogP contribution is -2.25. The first-order valence-electron chi connectivity index (χ1n) is 9.43. The van der Waals surface area contributed by atoms with E-state index in [2.05, 4.69) is 26.8 Å². The molecule has 0 atom stereocenters. The Morgan fingerprint density at radius 1 is 1.03 bits per heavy atom. The third kappa shape index (κ3) is 4.03. The Balaban J connectivity index is 1.52. The zero-order valence-electron chi connectivity index (χ0n) is 17.3. The topological polar surface area (TPSA) is 64.9 Å². The summed E-state index contributed by atoms with van der Waals surface area (Å²) in [6.45, 7) is 5.20. The number of anilines is 2. The molecule has 0 bridgehead atoms. The van der Waals surface area contributed by atoms with Crippen molar-refractivity contribution < 1.29 is 14.2 Å². The summed E-state index contributed by atoms with van der Waals surface area (Å²) in [6.07, 6.45) is 9.58. The molecule has 30 heavy (non-hydrogen) atoms. The van der Waals surface area contributed by atoms with E-state index in [0.717, 1.165) is 22.5 Å². The van der Waals surface area contributed by atoms with Crippen LogP contribution in [0.2, 0.25) is 0 Å². The van der Waals surface area contributed by atoms with Crippen molar-refractivity contribution in [3.63, 3.8) is 0 Å². The van der Waals surface area contributed by atoms with Crippen LogP contribution < -0.4 is 24.0 Å². The number of ether oxygens (including phenoxy) is 3. The minimum Gasteiger partial charge on any atom is -0.493 e. The van der Waals surface area contributed by atoms with Gasteiger partial charge in [-0.15, -0.1) is 0 Å². The number of methoxy groups -OCH3 is 2. The van der Waals surface area contributed by atoms with Gasteiger partial charge in [0.15, 0.2) is 11.5 Å². The van der Waals surface area contributed by atoms with Crippen molar-refractivity contribution in [1.82, 2.24) is 14.8 Å². The maximum atomic E-state index is 6.05. The smallest absolute Gasteiger partial charge is 0.212 e. The maximum Gasteiger partial charge on any atom is 0.212 e. The number of rotatable bonds is 7. The number of hydrogen-bond acceptors (Lipinski definition) is 7. The van der Waals surface area contributed by atoms with Crippen molar-refractivity contribution in [2.24, 2.45) is 7.05 Å². The third-order valence-electron chi connectivity index (χ3n) is 4.83. The lowest BCUT2D eigenvalue weighted by Gasteiger charge is -2.23. The molecule has 0 fully saturated rings. The number of pyridine rings is 1. The molecule has 0 saturated carbocycles. The number of hydrogen-bond donors (Lipinski definition) is 0. The summed E-state index contributed by atoms with van der Waals surface area (Å²) in [4.78, 5) is 8.43. The molecule has 1 aliphatic heterocycles. The van der Waals surface area contributed by atoms with Gasteiger partial charge in [-0.25, -0.2) is 4.98 Å². The van der Waals surface area contributed by atoms with Crippen LogP contribution in [0.25, 0.3) is 0 Å². The first kappa shape index (κ1) is 19.6. The summed E-state index contributed by atoms with van der Waals surface area (Å²) in [5.41, 5.74) is 3.75. The largest absolute Gasteiger partial charge is 0.493 e. The Kier molecular flexibility index (Phi) is 5.47. The second-order valence-electron chi connectivity index (χ2n) is 6.88. The molecule has 8 heteroatoms. The monoisotopic (exact) mass is 406 g/mol. The average molecular weight is 406 g/mol. The standard InChI is InChI=1S/C22H24N5O3/c1-16-9-20(28-3)21(30-14-17-5-6-22(29-4)23-11-17)10-19(16)27-8-7-26(15-27)18-12-24-25(2)13-18/h5-13H,1,14-15H2,2-4H3. The van der Waals surface area contributed by atoms with Gasteiger partial charge in [-0.2, -0.15) is 5.10 Å². The van der Waals surface area contributed by atoms with E-state index in [9.17, 15) is 0 Å². The number of nitrogens with zero attached hydrogens (tertiary/aromatic N) is 5. The molecule has 1 aliphatic rings. The highest BCUT2D eigenvalue weighted by Crippen LogP contribution is 2.37. The lowest BCUT2D eigenvalue weighted by molar-refractivity contribution is 0.284. The molecule has 1 aromatic carbocycles. The van der Waals surface area contributed by atoms with Crippen LogP contribution in [0.5, 0.6) is 17.4 Å². The molecule has 0 amide bonds. The second-order valence-corrected chi connectivity index (χ2v) is 6.88. The van der Waals surface area contributed by atoms with E-state index >= 15 is 0 Å². The molecular formula is C22H24N5O3. The molecule has 8 nitrogen and oxygen atoms in total. The molecule has 3 heterocycles. The normalized spacial score (nSPS) is 13.1. The lowest BCUT2D eigenvalue weighted by atomic mass is 10.1. The Labute approximate surface area is 175 Å². The van der Waals surface area contributed by atoms with Crippen LogP contribution in [-0.4, -0.2) is 35.7 Å². The first-order valence-corrected chi connectivity index (χ1v) is 9.43. The van der Waals surface area contributed by atoms with Gasteiger partial charge < -0.3 is 24.0 Å². The minimum atomic E-state index is 0.362. The highest BCUT2D eigenvalue weighted by molar-refractivity contribution is 5.67. The summed E-state index contributed by atoms with van der Waals surface area (Å²) >= 11 is 0. The molecule has 0 N–H and O–H groups in total. The predicted octanol–water partition coefficient (Wildman–Crippen LogP) is 3.35. The van der Waals surface area contributed by atoms with Gasteiger partial charge in [0.1, 0.15) is 6.61 Å². The Morgan fingerprint density at radius 3 is 2.53 bits per heavy atom. The van der Waals surface area contributed by atoms with E-state index in [-0.39, 0.29) is 0 Å². The summed E-state index contributed by atoms with van der Waals surface area (Å²) in [7, 11) is 5.12. The second kappa shape index (κ2) is 8.36. The van der Waals surface area contributed by atoms with Crippen molar-refractivity contribution in [2.45, 2.75) is 6.61 Å². The summed E-state index contributed by atoms with van der Waals surface area (Å²) in [6, 6.07) is 7.57. The first-order chi connectivity index (χ1) is 14.6. The highest BCUT2D eigenvalue weighted by Gasteiger charge is 2.20. The third-order valence-corrected chi connectivity index (χ3v) is 4.83. The van der Waals surface area contributed by atoms with Gasteiger partial charge in [0.2, 0.25) is 5.88 Å². The fourth-order valence-electron chi connectivity index (χ4n) is 3.21. The fraction of sp³-hybridized carbons (Fsp3) is 0.227. The zero-order valence-corrected chi connectivity index (χ0v) is 17.3. The molecule has 3 aromatic rings. The number of benzene rings is 1. The zero-order chi connectivity index (χ0) is 21.1. The maximum absolute atomic E-state index is 6.05. The van der Waals surface area contributed by atoms with Crippen LogP contribution >= 0.6 is 0 Å². The predicted molar refractivity (Wildman–Crippen MR) is 115 cm³/mol. The quantitative estimate of drug-likeness (QED) is 0.596. The summed E-state index contributed by atoms with van der Waals surface area (Å²) < 4.78 is 18.4. The van der Waals surface area contributed by atoms with Gasteiger partial charge in [-0.3, -0.25) is 4.68 Å². The van der Waals surface area contributed by atoms with Gasteiger partial charge in [0.25, 0.3) is 0 Å². The average Bonchev–Trinajstić information content (AvgIpc) is 3.42. The molecule has 1 radical (unpaired) electrons. The van der Waals surface area contributed by atoms with E-state index in [4.69, 9.17) is 14.2 Å². The molecule has 4 rings (SSSR count). The van der Waals surface area contributed by atoms with Crippen LogP contribution in [-0.2, 0) is 13.7 Å². The molecule has 0 aliphatic carbocycles. The number of aromatic nitrogens is 3. The molecular weight excluding hydrogens is 382 g/mol. The number of aryl methyl sites for hydroxylation is 1. The minimum absolute atomic E-state index is 0.362. The Hall–Kier alpha value is -3.68. The molecule has 0 unspecified atom stereocenters.